The number of guanidine groups is 1. The molecule has 0 spiro atoms. The molecule has 1 heterocycles. The first kappa shape index (κ1) is 21.1. The average Bonchev–Trinajstić information content (AvgIpc) is 3.25. The summed E-state index contributed by atoms with van der Waals surface area (Å²) in [5, 5.41) is 6.04. The molecule has 0 unspecified atom stereocenters. The molecule has 152 valence electrons. The van der Waals surface area contributed by atoms with Crippen molar-refractivity contribution in [1.82, 2.24) is 15.5 Å². The Morgan fingerprint density at radius 1 is 1.21 bits per heavy atom. The highest BCUT2D eigenvalue weighted by Crippen LogP contribution is 2.25. The number of carbonyl (C=O) groups is 1. The van der Waals surface area contributed by atoms with Crippen LogP contribution >= 0.6 is 0 Å². The Kier molecular flexibility index (Phi) is 8.20. The molecule has 0 atom stereocenters. The van der Waals surface area contributed by atoms with Crippen molar-refractivity contribution in [2.75, 3.05) is 40.9 Å². The quantitative estimate of drug-likeness (QED) is 0.389. The molecule has 0 aliphatic rings. The number of furan rings is 1. The van der Waals surface area contributed by atoms with Crippen LogP contribution in [0.4, 0.5) is 0 Å². The van der Waals surface area contributed by atoms with E-state index in [1.54, 1.807) is 26.4 Å². The lowest BCUT2D eigenvalue weighted by Crippen LogP contribution is -2.39. The summed E-state index contributed by atoms with van der Waals surface area (Å²) < 4.78 is 15.8. The number of carbonyl (C=O) groups excluding carboxylic acids is 1. The molecule has 1 amide bonds. The Morgan fingerprint density at radius 3 is 2.68 bits per heavy atom. The second kappa shape index (κ2) is 10.9. The van der Waals surface area contributed by atoms with Crippen LogP contribution in [0.25, 0.3) is 0 Å². The van der Waals surface area contributed by atoms with Gasteiger partial charge in [0, 0.05) is 38.3 Å². The summed E-state index contributed by atoms with van der Waals surface area (Å²) in [7, 11) is 5.22. The molecule has 2 rings (SSSR count). The minimum Gasteiger partial charge on any atom is -0.497 e. The highest BCUT2D eigenvalue weighted by atomic mass is 16.5. The van der Waals surface area contributed by atoms with E-state index in [1.165, 1.54) is 6.26 Å². The van der Waals surface area contributed by atoms with E-state index in [1.807, 2.05) is 37.1 Å². The number of hydrogen-bond acceptors (Lipinski definition) is 5. The smallest absolute Gasteiger partial charge is 0.287 e. The minimum atomic E-state index is -0.249. The van der Waals surface area contributed by atoms with Gasteiger partial charge in [0.15, 0.2) is 11.7 Å². The molecule has 8 nitrogen and oxygen atoms in total. The molecule has 0 bridgehead atoms. The normalized spacial score (nSPS) is 11.1. The number of benzene rings is 1. The molecule has 0 radical (unpaired) electrons. The fourth-order valence-corrected chi connectivity index (χ4v) is 2.61. The Labute approximate surface area is 165 Å². The van der Waals surface area contributed by atoms with E-state index in [0.717, 1.165) is 29.6 Å². The van der Waals surface area contributed by atoms with E-state index in [-0.39, 0.29) is 5.91 Å². The summed E-state index contributed by atoms with van der Waals surface area (Å²) in [5.74, 6) is 2.29. The van der Waals surface area contributed by atoms with Gasteiger partial charge in [0.25, 0.3) is 5.91 Å². The van der Waals surface area contributed by atoms with Crippen LogP contribution in [-0.2, 0) is 6.54 Å². The van der Waals surface area contributed by atoms with Gasteiger partial charge >= 0.3 is 0 Å². The number of hydrogen-bond donors (Lipinski definition) is 2. The number of ether oxygens (including phenoxy) is 2. The van der Waals surface area contributed by atoms with Crippen LogP contribution in [0.3, 0.4) is 0 Å². The highest BCUT2D eigenvalue weighted by molar-refractivity contribution is 5.91. The van der Waals surface area contributed by atoms with Gasteiger partial charge in [-0.15, -0.1) is 0 Å². The summed E-state index contributed by atoms with van der Waals surface area (Å²) in [6.45, 7) is 4.21. The number of nitrogens with one attached hydrogen (secondary N) is 2. The predicted octanol–water partition coefficient (Wildman–Crippen LogP) is 2.12. The molecule has 1 aromatic heterocycles. The second-order valence-corrected chi connectivity index (χ2v) is 6.00. The molecule has 0 aliphatic carbocycles. The fourth-order valence-electron chi connectivity index (χ4n) is 2.61. The van der Waals surface area contributed by atoms with Gasteiger partial charge in [-0.2, -0.15) is 0 Å². The number of amides is 1. The summed E-state index contributed by atoms with van der Waals surface area (Å²) in [5.41, 5.74) is 1.02. The molecule has 2 N–H and O–H groups in total. The molecule has 28 heavy (non-hydrogen) atoms. The van der Waals surface area contributed by atoms with Gasteiger partial charge < -0.3 is 29.4 Å². The third-order valence-corrected chi connectivity index (χ3v) is 4.00. The Morgan fingerprint density at radius 2 is 2.04 bits per heavy atom. The van der Waals surface area contributed by atoms with Crippen molar-refractivity contribution in [2.45, 2.75) is 13.5 Å². The molecule has 0 aliphatic heterocycles. The van der Waals surface area contributed by atoms with Gasteiger partial charge in [0.1, 0.15) is 11.5 Å². The predicted molar refractivity (Wildman–Crippen MR) is 108 cm³/mol. The molecular weight excluding hydrogens is 360 g/mol. The van der Waals surface area contributed by atoms with Crippen LogP contribution in [0.2, 0.25) is 0 Å². The van der Waals surface area contributed by atoms with E-state index >= 15 is 0 Å². The summed E-state index contributed by atoms with van der Waals surface area (Å²) >= 11 is 0. The molecule has 0 fully saturated rings. The number of methoxy groups -OCH3 is 2. The van der Waals surface area contributed by atoms with Crippen LogP contribution in [0.5, 0.6) is 11.5 Å². The fraction of sp³-hybridized carbons (Fsp3) is 0.400. The van der Waals surface area contributed by atoms with E-state index < -0.39 is 0 Å². The highest BCUT2D eigenvalue weighted by Gasteiger charge is 2.12. The van der Waals surface area contributed by atoms with Crippen LogP contribution in [0.1, 0.15) is 23.0 Å². The first-order chi connectivity index (χ1) is 13.6. The van der Waals surface area contributed by atoms with Gasteiger partial charge in [0.05, 0.1) is 27.0 Å². The summed E-state index contributed by atoms with van der Waals surface area (Å²) in [6, 6.07) is 9.04. The van der Waals surface area contributed by atoms with Gasteiger partial charge in [-0.25, -0.2) is 0 Å². The topological polar surface area (TPSA) is 88.3 Å². The van der Waals surface area contributed by atoms with E-state index in [0.29, 0.717) is 25.4 Å². The summed E-state index contributed by atoms with van der Waals surface area (Å²) in [6.07, 6.45) is 1.47. The largest absolute Gasteiger partial charge is 0.497 e. The van der Waals surface area contributed by atoms with Crippen molar-refractivity contribution in [3.8, 4) is 11.5 Å². The van der Waals surface area contributed by atoms with Crippen molar-refractivity contribution >= 4 is 11.9 Å². The molecule has 8 heteroatoms. The van der Waals surface area contributed by atoms with Crippen LogP contribution in [0, 0.1) is 0 Å². The second-order valence-electron chi connectivity index (χ2n) is 6.00. The maximum Gasteiger partial charge on any atom is 0.287 e. The summed E-state index contributed by atoms with van der Waals surface area (Å²) in [4.78, 5) is 18.4. The lowest BCUT2D eigenvalue weighted by molar-refractivity contribution is 0.0927. The first-order valence-corrected chi connectivity index (χ1v) is 9.11. The van der Waals surface area contributed by atoms with Gasteiger partial charge in [0.2, 0.25) is 0 Å². The molecule has 0 saturated heterocycles. The lowest BCUT2D eigenvalue weighted by atomic mass is 10.2. The average molecular weight is 388 g/mol. The Balaban J connectivity index is 1.96. The van der Waals surface area contributed by atoms with Gasteiger partial charge in [-0.05, 0) is 31.2 Å². The molecule has 1 aromatic carbocycles. The maximum atomic E-state index is 11.9. The first-order valence-electron chi connectivity index (χ1n) is 9.11. The van der Waals surface area contributed by atoms with Crippen LogP contribution in [-0.4, -0.2) is 57.7 Å². The third kappa shape index (κ3) is 5.94. The number of aliphatic imine (C=N–C) groups is 1. The van der Waals surface area contributed by atoms with E-state index in [4.69, 9.17) is 13.9 Å². The maximum absolute atomic E-state index is 11.9. The molecular formula is C20H28N4O4. The van der Waals surface area contributed by atoms with Crippen molar-refractivity contribution in [3.63, 3.8) is 0 Å². The zero-order valence-corrected chi connectivity index (χ0v) is 16.8. The lowest BCUT2D eigenvalue weighted by Gasteiger charge is -2.23. The standard InChI is InChI=1S/C20H28N4O4/c1-5-21-20(23-11-10-22-19(25)17-7-6-12-28-17)24(2)14-15-8-9-16(26-3)13-18(15)27-4/h6-9,12-13H,5,10-11,14H2,1-4H3,(H,21,23)(H,22,25). The van der Waals surface area contributed by atoms with E-state index in [2.05, 4.69) is 15.6 Å². The van der Waals surface area contributed by atoms with Crippen LogP contribution in [0.15, 0.2) is 46.0 Å². The van der Waals surface area contributed by atoms with Crippen molar-refractivity contribution < 1.29 is 18.7 Å². The van der Waals surface area contributed by atoms with E-state index in [9.17, 15) is 4.79 Å². The van der Waals surface area contributed by atoms with Crippen molar-refractivity contribution in [1.29, 1.82) is 0 Å². The SMILES string of the molecule is CCNC(=NCCNC(=O)c1ccco1)N(C)Cc1ccc(OC)cc1OC. The van der Waals surface area contributed by atoms with Gasteiger partial charge in [-0.3, -0.25) is 9.79 Å². The Hall–Kier alpha value is -3.16. The van der Waals surface area contributed by atoms with Crippen LogP contribution < -0.4 is 20.1 Å². The third-order valence-electron chi connectivity index (χ3n) is 4.00. The minimum absolute atomic E-state index is 0.249. The van der Waals surface area contributed by atoms with Crippen molar-refractivity contribution in [3.05, 3.63) is 47.9 Å². The zero-order chi connectivity index (χ0) is 20.4. The number of rotatable bonds is 9. The Bertz CT molecular complexity index is 775. The van der Waals surface area contributed by atoms with Crippen molar-refractivity contribution in [2.24, 2.45) is 4.99 Å². The zero-order valence-electron chi connectivity index (χ0n) is 16.8. The number of nitrogens with zero attached hydrogens (tertiary/aromatic N) is 2. The molecule has 0 saturated carbocycles. The van der Waals surface area contributed by atoms with Gasteiger partial charge in [-0.1, -0.05) is 0 Å². The monoisotopic (exact) mass is 388 g/mol. The molecule has 2 aromatic rings.